The van der Waals surface area contributed by atoms with Crippen LogP contribution in [-0.4, -0.2) is 377 Å². The minimum Gasteiger partial charge on any atom is -0.395 e. The fraction of sp³-hybridized carbons (Fsp3) is 0.478. The van der Waals surface area contributed by atoms with Gasteiger partial charge in [0, 0.05) is 93.6 Å². The average Bonchev–Trinajstić information content (AvgIpc) is 0.772. The average molecular weight is 3100 g/mol. The second kappa shape index (κ2) is 57.3. The lowest BCUT2D eigenvalue weighted by molar-refractivity contribution is -0.125. The molecule has 4 aromatic rings. The van der Waals surface area contributed by atoms with Gasteiger partial charge < -0.3 is 159 Å². The Labute approximate surface area is 870 Å². The predicted octanol–water partition coefficient (Wildman–Crippen LogP) is -3.95. The minimum atomic E-state index is -1.90. The summed E-state index contributed by atoms with van der Waals surface area (Å²) in [6.45, 7) is -9.91. The number of carbonyl (C=O) groups is 12. The van der Waals surface area contributed by atoms with Crippen LogP contribution in [0.5, 0.6) is 0 Å². The van der Waals surface area contributed by atoms with E-state index in [1.165, 1.54) is 0 Å². The monoisotopic (exact) mass is 3100 g/mol. The molecule has 4 rings (SSSR count). The van der Waals surface area contributed by atoms with Crippen LogP contribution in [0.1, 0.15) is 96.7 Å². The van der Waals surface area contributed by atoms with Crippen molar-refractivity contribution in [2.45, 2.75) is 68.8 Å². The van der Waals surface area contributed by atoms with Crippen LogP contribution in [0.2, 0.25) is 0 Å². The SMILES string of the molecule is CC(=O)N(CC(O)CNC(=O)c1c(I)c(NC(=O)C(O)CO)c(I)c(C(=O)N(CCO)CC(O)CO)c1I)c1c(I)c(C(=O)NCC(O)CO)c(I)c(C(=O)NCC(O)CO)c1I.CC(=O)N(CC(O)CNC(=O)c1c(I)c(NC(=O)CO)c(I)c(C(=O)N(CCO)CC(O)CO)c1I)c1c(I)c(C(=O)NCC(O)CO)c(I)c(C(=O)NCC(O)CO)c1I. The zero-order valence-electron chi connectivity index (χ0n) is 64.5. The minimum absolute atomic E-state index is 0.00751. The maximum atomic E-state index is 14.0. The van der Waals surface area contributed by atoms with E-state index in [9.17, 15) is 155 Å². The van der Waals surface area contributed by atoms with Gasteiger partial charge in [0.25, 0.3) is 53.2 Å². The molecule has 0 radical (unpaired) electrons. The lowest BCUT2D eigenvalue weighted by atomic mass is 10.1. The van der Waals surface area contributed by atoms with E-state index in [-0.39, 0.29) is 149 Å². The largest absolute Gasteiger partial charge is 0.395 e. The molecular formula is C69H86I12N12O31. The lowest BCUT2D eigenvalue weighted by Crippen LogP contribution is -2.44. The van der Waals surface area contributed by atoms with Crippen LogP contribution in [0.4, 0.5) is 22.7 Å². The molecular weight excluding hydrogens is 3020 g/mol. The Hall–Kier alpha value is -1.48. The van der Waals surface area contributed by atoms with Crippen LogP contribution in [0, 0.1) is 42.8 Å². The molecule has 0 aromatic heterocycles. The molecule has 0 saturated heterocycles. The van der Waals surface area contributed by atoms with Crippen molar-refractivity contribution in [1.29, 1.82) is 0 Å². The van der Waals surface area contributed by atoms with E-state index in [4.69, 9.17) is 0 Å². The first-order valence-corrected chi connectivity index (χ1v) is 48.6. The Balaban J connectivity index is 0.000000640. The number of hydrogen-bond acceptors (Lipinski definition) is 31. The third kappa shape index (κ3) is 32.4. The van der Waals surface area contributed by atoms with E-state index in [1.807, 2.05) is 0 Å². The van der Waals surface area contributed by atoms with Crippen molar-refractivity contribution in [3.05, 3.63) is 87.3 Å². The normalized spacial score (nSPS) is 13.4. The highest BCUT2D eigenvalue weighted by atomic mass is 127. The fourth-order valence-corrected chi connectivity index (χ4v) is 28.7. The quantitative estimate of drug-likeness (QED) is 0.0188. The first-order valence-electron chi connectivity index (χ1n) is 35.6. The Kier molecular flexibility index (Phi) is 53.9. The number of benzene rings is 4. The summed E-state index contributed by atoms with van der Waals surface area (Å²) in [5.74, 6) is -9.90. The van der Waals surface area contributed by atoms with Gasteiger partial charge >= 0.3 is 0 Å². The van der Waals surface area contributed by atoms with E-state index in [2.05, 4.69) is 42.5 Å². The third-order valence-corrected chi connectivity index (χ3v) is 29.5. The van der Waals surface area contributed by atoms with E-state index < -0.39 is 231 Å². The Morgan fingerprint density at radius 1 is 0.290 bits per heavy atom. The molecule has 0 spiro atoms. The van der Waals surface area contributed by atoms with Crippen molar-refractivity contribution in [3.8, 4) is 0 Å². The summed E-state index contributed by atoms with van der Waals surface area (Å²) in [6, 6.07) is 0. The molecule has 9 atom stereocenters. The van der Waals surface area contributed by atoms with Gasteiger partial charge in [0.05, 0.1) is 217 Å². The van der Waals surface area contributed by atoms with Crippen LogP contribution < -0.4 is 52.3 Å². The Bertz CT molecular complexity index is 4430. The molecule has 55 heteroatoms. The van der Waals surface area contributed by atoms with Crippen molar-refractivity contribution in [3.63, 3.8) is 0 Å². The van der Waals surface area contributed by atoms with E-state index in [0.29, 0.717) is 0 Å². The summed E-state index contributed by atoms with van der Waals surface area (Å²) in [4.78, 5) is 166. The third-order valence-electron chi connectivity index (χ3n) is 16.7. The van der Waals surface area contributed by atoms with Gasteiger partial charge in [-0.2, -0.15) is 0 Å². The van der Waals surface area contributed by atoms with Gasteiger partial charge in [-0.1, -0.05) is 0 Å². The van der Waals surface area contributed by atoms with Crippen molar-refractivity contribution in [1.82, 2.24) is 41.7 Å². The van der Waals surface area contributed by atoms with Gasteiger partial charge in [-0.15, -0.1) is 0 Å². The summed E-state index contributed by atoms with van der Waals surface area (Å²) >= 11 is 21.0. The highest BCUT2D eigenvalue weighted by molar-refractivity contribution is 14.1. The van der Waals surface area contributed by atoms with E-state index >= 15 is 0 Å². The van der Waals surface area contributed by atoms with Crippen molar-refractivity contribution in [2.75, 3.05) is 165 Å². The number of amides is 12. The number of aliphatic hydroxyl groups excluding tert-OH is 19. The summed E-state index contributed by atoms with van der Waals surface area (Å²) in [5.41, 5.74) is -1.27. The summed E-state index contributed by atoms with van der Waals surface area (Å²) in [7, 11) is 0. The smallest absolute Gasteiger partial charge is 0.256 e. The van der Waals surface area contributed by atoms with Crippen LogP contribution in [0.15, 0.2) is 0 Å². The van der Waals surface area contributed by atoms with E-state index in [1.54, 1.807) is 271 Å². The number of anilines is 4. The summed E-state index contributed by atoms with van der Waals surface area (Å²) in [6.07, 6.45) is -13.1. The zero-order chi connectivity index (χ0) is 94.5. The number of carbonyl (C=O) groups excluding carboxylic acids is 12. The molecule has 0 heterocycles. The number of hydrogen-bond donors (Lipinski definition) is 27. The molecule has 0 fully saturated rings. The second-order valence-corrected chi connectivity index (χ2v) is 38.8. The zero-order valence-corrected chi connectivity index (χ0v) is 90.4. The highest BCUT2D eigenvalue weighted by Gasteiger charge is 2.39. The predicted molar refractivity (Wildman–Crippen MR) is 542 cm³/mol. The highest BCUT2D eigenvalue weighted by Crippen LogP contribution is 2.43. The second-order valence-electron chi connectivity index (χ2n) is 25.9. The lowest BCUT2D eigenvalue weighted by Gasteiger charge is -2.29. The van der Waals surface area contributed by atoms with Crippen molar-refractivity contribution in [2.24, 2.45) is 0 Å². The molecule has 0 bridgehead atoms. The van der Waals surface area contributed by atoms with Crippen LogP contribution in [-0.2, 0) is 19.2 Å². The molecule has 0 aliphatic rings. The molecule has 27 N–H and O–H groups in total. The van der Waals surface area contributed by atoms with Gasteiger partial charge in [-0.05, 0) is 271 Å². The summed E-state index contributed by atoms with van der Waals surface area (Å²) in [5, 5.41) is 206. The number of nitrogens with one attached hydrogen (secondary N) is 8. The van der Waals surface area contributed by atoms with Crippen LogP contribution in [0.3, 0.4) is 0 Å². The molecule has 0 saturated carbocycles. The molecule has 4 aromatic carbocycles. The first kappa shape index (κ1) is 117. The maximum absolute atomic E-state index is 14.0. The number of nitrogens with zero attached hydrogens (tertiary/aromatic N) is 4. The van der Waals surface area contributed by atoms with E-state index in [0.717, 1.165) is 33.4 Å². The Morgan fingerprint density at radius 2 is 0.524 bits per heavy atom. The summed E-state index contributed by atoms with van der Waals surface area (Å²) < 4.78 is 1.20. The molecule has 0 aliphatic heterocycles. The molecule has 43 nitrogen and oxygen atoms in total. The number of halogens is 12. The fourth-order valence-electron chi connectivity index (χ4n) is 10.5. The van der Waals surface area contributed by atoms with Crippen LogP contribution in [0.25, 0.3) is 0 Å². The Morgan fingerprint density at radius 3 is 0.758 bits per heavy atom. The van der Waals surface area contributed by atoms with Gasteiger partial charge in [0.15, 0.2) is 6.10 Å². The van der Waals surface area contributed by atoms with Gasteiger partial charge in [0.1, 0.15) is 6.61 Å². The first-order chi connectivity index (χ1) is 58.2. The molecule has 692 valence electrons. The molecule has 0 aliphatic carbocycles. The molecule has 12 amide bonds. The number of aliphatic hydroxyl groups is 19. The van der Waals surface area contributed by atoms with Crippen LogP contribution >= 0.6 is 271 Å². The van der Waals surface area contributed by atoms with Crippen molar-refractivity contribution < 1.29 is 155 Å². The molecule has 9 unspecified atom stereocenters. The topological polar surface area (TPSA) is 698 Å². The number of rotatable bonds is 45. The standard InChI is InChI=1S/C35H44I6N6O16.C34H42I6N6O15/c1-13(53)47(30-27(40)20(33(61)43-5-15(55)9-49)23(36)21(28(30)41)34(62)44-6-16(56)10-50)8-14(54)4-42-32(60)19-24(37)22(35(63)46(2-3-48)7-17(57)11-51)26(39)29(25(19)38)45-31(59)18(58)12-52;1-13(52)46(30-27(39)20(32(59)42-5-15(54)9-48)23(35)21(28(30)40)33(60)43-6-16(55)10-49)8-14(53)4-41-31(58)19-24(36)22(26(38)29(25(19)37)44-18(57)12-51)34(61)45(2-3-47)7-17(56)11-50/h14-18,48-52,54-58H,2-12H2,1H3,(H,42,60)(H,43,61)(H,44,62)(H,45,59);14-17,47-51,53-56H,2-12H2,1H3,(H,41,58)(H,42,59)(H,43,60)(H,44,57). The van der Waals surface area contributed by atoms with Gasteiger partial charge in [-0.25, -0.2) is 0 Å². The van der Waals surface area contributed by atoms with Gasteiger partial charge in [0.2, 0.25) is 17.7 Å². The molecule has 124 heavy (non-hydrogen) atoms. The maximum Gasteiger partial charge on any atom is 0.256 e. The van der Waals surface area contributed by atoms with Gasteiger partial charge in [-0.3, -0.25) is 57.5 Å². The van der Waals surface area contributed by atoms with Crippen molar-refractivity contribution >= 4 is 365 Å².